The van der Waals surface area contributed by atoms with Crippen molar-refractivity contribution in [1.29, 1.82) is 0 Å². The van der Waals surface area contributed by atoms with E-state index in [4.69, 9.17) is 0 Å². The Hall–Kier alpha value is -0.900. The first-order valence-electron chi connectivity index (χ1n) is 5.61. The van der Waals surface area contributed by atoms with Crippen LogP contribution in [-0.2, 0) is 9.59 Å². The van der Waals surface area contributed by atoms with E-state index in [2.05, 4.69) is 5.32 Å². The highest BCUT2D eigenvalue weighted by Gasteiger charge is 2.25. The van der Waals surface area contributed by atoms with Crippen molar-refractivity contribution < 1.29 is 9.59 Å². The highest BCUT2D eigenvalue weighted by atomic mass is 16.2. The van der Waals surface area contributed by atoms with E-state index in [1.165, 1.54) is 4.90 Å². The van der Waals surface area contributed by atoms with Crippen molar-refractivity contribution in [2.45, 2.75) is 39.7 Å². The lowest BCUT2D eigenvalue weighted by Crippen LogP contribution is -2.45. The van der Waals surface area contributed by atoms with Crippen LogP contribution in [0.4, 0.5) is 0 Å². The molecule has 0 saturated heterocycles. The first kappa shape index (κ1) is 14.1. The van der Waals surface area contributed by atoms with Crippen LogP contribution in [0.2, 0.25) is 0 Å². The maximum atomic E-state index is 11.8. The maximum absolute atomic E-state index is 11.8. The second-order valence-corrected chi connectivity index (χ2v) is 3.58. The summed E-state index contributed by atoms with van der Waals surface area (Å²) in [6, 6.07) is -0.318. The molecule has 0 heterocycles. The summed E-state index contributed by atoms with van der Waals surface area (Å²) in [7, 11) is 1.65. The molecule has 1 unspecified atom stereocenters. The minimum Gasteiger partial charge on any atom is -0.339 e. The summed E-state index contributed by atoms with van der Waals surface area (Å²) in [5.41, 5.74) is 0. The Kier molecular flexibility index (Phi) is 6.96. The Morgan fingerprint density at radius 2 is 1.87 bits per heavy atom. The summed E-state index contributed by atoms with van der Waals surface area (Å²) in [6.07, 6.45) is 1.61. The highest BCUT2D eigenvalue weighted by molar-refractivity contribution is 6.38. The predicted molar refractivity (Wildman–Crippen MR) is 60.7 cm³/mol. The van der Waals surface area contributed by atoms with Gasteiger partial charge in [0.15, 0.2) is 0 Å². The fraction of sp³-hybridized carbons (Fsp3) is 0.818. The summed E-state index contributed by atoms with van der Waals surface area (Å²) in [6.45, 7) is 7.07. The van der Waals surface area contributed by atoms with Gasteiger partial charge in [0.25, 0.3) is 5.91 Å². The van der Waals surface area contributed by atoms with E-state index in [1.807, 2.05) is 20.8 Å². The van der Waals surface area contributed by atoms with E-state index in [0.29, 0.717) is 13.1 Å². The fourth-order valence-corrected chi connectivity index (χ4v) is 1.34. The molecule has 1 amide bonds. The quantitative estimate of drug-likeness (QED) is 0.638. The Morgan fingerprint density at radius 3 is 2.27 bits per heavy atom. The molecule has 0 aromatic rings. The molecule has 0 spiro atoms. The molecule has 15 heavy (non-hydrogen) atoms. The van der Waals surface area contributed by atoms with E-state index in [1.54, 1.807) is 7.05 Å². The molecule has 0 rings (SSSR count). The molecular formula is C11H22N2O2. The van der Waals surface area contributed by atoms with Gasteiger partial charge in [-0.1, -0.05) is 20.3 Å². The molecule has 1 atom stereocenters. The third-order valence-electron chi connectivity index (χ3n) is 2.38. The van der Waals surface area contributed by atoms with Crippen LogP contribution in [0.25, 0.3) is 0 Å². The molecule has 0 aliphatic carbocycles. The summed E-state index contributed by atoms with van der Waals surface area (Å²) in [5, 5.41) is 3.05. The number of hydrogen-bond acceptors (Lipinski definition) is 3. The normalized spacial score (nSPS) is 12.3. The zero-order chi connectivity index (χ0) is 11.8. The third kappa shape index (κ3) is 4.42. The number of carbonyl (C=O) groups excluding carboxylic acids is 2. The molecule has 0 saturated carbocycles. The van der Waals surface area contributed by atoms with Gasteiger partial charge in [-0.05, 0) is 19.9 Å². The van der Waals surface area contributed by atoms with Gasteiger partial charge in [-0.15, -0.1) is 0 Å². The molecular weight excluding hydrogens is 192 g/mol. The molecule has 4 nitrogen and oxygen atoms in total. The van der Waals surface area contributed by atoms with Gasteiger partial charge in [0, 0.05) is 13.6 Å². The van der Waals surface area contributed by atoms with E-state index in [9.17, 15) is 9.59 Å². The Labute approximate surface area is 92.0 Å². The number of ketones is 1. The number of Topliss-reactive ketones (excluding diaryl/α,β-unsaturated/α-hetero) is 1. The van der Waals surface area contributed by atoms with Gasteiger partial charge < -0.3 is 10.2 Å². The van der Waals surface area contributed by atoms with Gasteiger partial charge >= 0.3 is 0 Å². The van der Waals surface area contributed by atoms with Gasteiger partial charge in [-0.3, -0.25) is 9.59 Å². The van der Waals surface area contributed by atoms with Crippen LogP contribution < -0.4 is 5.32 Å². The van der Waals surface area contributed by atoms with Crippen LogP contribution >= 0.6 is 0 Å². The molecule has 0 fully saturated rings. The standard InChI is InChI=1S/C11H22N2O2/c1-5-8-9(12-6-2)10(14)11(15)13(4)7-3/h9,12H,5-8H2,1-4H3. The smallest absolute Gasteiger partial charge is 0.291 e. The van der Waals surface area contributed by atoms with E-state index >= 15 is 0 Å². The molecule has 4 heteroatoms. The first-order valence-corrected chi connectivity index (χ1v) is 5.61. The van der Waals surface area contributed by atoms with Crippen molar-refractivity contribution in [3.8, 4) is 0 Å². The van der Waals surface area contributed by atoms with Crippen LogP contribution in [0.1, 0.15) is 33.6 Å². The average molecular weight is 214 g/mol. The maximum Gasteiger partial charge on any atom is 0.291 e. The van der Waals surface area contributed by atoms with E-state index in [0.717, 1.165) is 12.8 Å². The number of rotatable bonds is 7. The van der Waals surface area contributed by atoms with Crippen LogP contribution in [0.15, 0.2) is 0 Å². The zero-order valence-corrected chi connectivity index (χ0v) is 10.2. The summed E-state index contributed by atoms with van der Waals surface area (Å²) in [5.74, 6) is -0.708. The lowest BCUT2D eigenvalue weighted by atomic mass is 10.1. The fourth-order valence-electron chi connectivity index (χ4n) is 1.34. The third-order valence-corrected chi connectivity index (χ3v) is 2.38. The van der Waals surface area contributed by atoms with E-state index < -0.39 is 5.91 Å². The number of nitrogens with one attached hydrogen (secondary N) is 1. The number of nitrogens with zero attached hydrogens (tertiary/aromatic N) is 1. The summed E-state index contributed by atoms with van der Waals surface area (Å²) < 4.78 is 0. The Balaban J connectivity index is 4.41. The van der Waals surface area contributed by atoms with Crippen LogP contribution in [-0.4, -0.2) is 42.8 Å². The molecule has 0 aromatic heterocycles. The SMILES string of the molecule is CCCC(NCC)C(=O)C(=O)N(C)CC. The summed E-state index contributed by atoms with van der Waals surface area (Å²) in [4.78, 5) is 24.8. The van der Waals surface area contributed by atoms with Crippen molar-refractivity contribution in [2.24, 2.45) is 0 Å². The monoisotopic (exact) mass is 214 g/mol. The van der Waals surface area contributed by atoms with Crippen molar-refractivity contribution in [1.82, 2.24) is 10.2 Å². The number of amides is 1. The lowest BCUT2D eigenvalue weighted by Gasteiger charge is -2.19. The number of likely N-dealkylation sites (N-methyl/N-ethyl adjacent to an activating group) is 2. The van der Waals surface area contributed by atoms with Crippen molar-refractivity contribution >= 4 is 11.7 Å². The Bertz CT molecular complexity index is 211. The Morgan fingerprint density at radius 1 is 1.27 bits per heavy atom. The minimum atomic E-state index is -0.392. The number of hydrogen-bond donors (Lipinski definition) is 1. The second kappa shape index (κ2) is 7.40. The van der Waals surface area contributed by atoms with Crippen LogP contribution in [0.5, 0.6) is 0 Å². The zero-order valence-electron chi connectivity index (χ0n) is 10.2. The van der Waals surface area contributed by atoms with Gasteiger partial charge in [0.2, 0.25) is 5.78 Å². The molecule has 0 bridgehead atoms. The van der Waals surface area contributed by atoms with Gasteiger partial charge in [0.05, 0.1) is 6.04 Å². The van der Waals surface area contributed by atoms with Crippen molar-refractivity contribution in [3.63, 3.8) is 0 Å². The van der Waals surface area contributed by atoms with Gasteiger partial charge in [-0.2, -0.15) is 0 Å². The molecule has 0 aliphatic rings. The predicted octanol–water partition coefficient (Wildman–Crippen LogP) is 0.812. The second-order valence-electron chi connectivity index (χ2n) is 3.58. The minimum absolute atomic E-state index is 0.317. The first-order chi connectivity index (χ1) is 7.08. The van der Waals surface area contributed by atoms with Crippen molar-refractivity contribution in [2.75, 3.05) is 20.1 Å². The van der Waals surface area contributed by atoms with Crippen LogP contribution in [0, 0.1) is 0 Å². The van der Waals surface area contributed by atoms with Gasteiger partial charge in [-0.25, -0.2) is 0 Å². The topological polar surface area (TPSA) is 49.4 Å². The number of carbonyl (C=O) groups is 2. The van der Waals surface area contributed by atoms with E-state index in [-0.39, 0.29) is 11.8 Å². The molecule has 1 N–H and O–H groups in total. The highest BCUT2D eigenvalue weighted by Crippen LogP contribution is 2.00. The average Bonchev–Trinajstić information content (AvgIpc) is 2.25. The molecule has 88 valence electrons. The molecule has 0 radical (unpaired) electrons. The lowest BCUT2D eigenvalue weighted by molar-refractivity contribution is -0.144. The molecule has 0 aromatic carbocycles. The van der Waals surface area contributed by atoms with Crippen LogP contribution in [0.3, 0.4) is 0 Å². The van der Waals surface area contributed by atoms with Gasteiger partial charge in [0.1, 0.15) is 0 Å². The molecule has 0 aliphatic heterocycles. The van der Waals surface area contributed by atoms with Crippen molar-refractivity contribution in [3.05, 3.63) is 0 Å². The largest absolute Gasteiger partial charge is 0.339 e. The summed E-state index contributed by atoms with van der Waals surface area (Å²) >= 11 is 0.